The second-order valence-corrected chi connectivity index (χ2v) is 5.17. The van der Waals surface area contributed by atoms with Gasteiger partial charge in [0.2, 0.25) is 5.91 Å². The Morgan fingerprint density at radius 1 is 1.50 bits per heavy atom. The summed E-state index contributed by atoms with van der Waals surface area (Å²) >= 11 is 0. The third kappa shape index (κ3) is 3.32. The van der Waals surface area contributed by atoms with E-state index in [1.54, 1.807) is 12.4 Å². The van der Waals surface area contributed by atoms with Gasteiger partial charge >= 0.3 is 0 Å². The first-order valence-corrected chi connectivity index (χ1v) is 7.28. The molecule has 1 unspecified atom stereocenters. The van der Waals surface area contributed by atoms with Crippen LogP contribution in [0.25, 0.3) is 5.82 Å². The zero-order valence-electron chi connectivity index (χ0n) is 12.5. The summed E-state index contributed by atoms with van der Waals surface area (Å²) in [7, 11) is 0. The SMILES string of the molecule is Cc1nccn1-c1ccc(CNC(=O)C2COCCN2)cn1. The van der Waals surface area contributed by atoms with Gasteiger partial charge in [0, 0.05) is 31.7 Å². The Kier molecular flexibility index (Phi) is 4.45. The number of hydrogen-bond donors (Lipinski definition) is 2. The monoisotopic (exact) mass is 301 g/mol. The van der Waals surface area contributed by atoms with Gasteiger partial charge in [-0.25, -0.2) is 9.97 Å². The standard InChI is InChI=1S/C15H19N5O2/c1-11-16-4-6-20(11)14-3-2-12(8-18-14)9-19-15(21)13-10-22-7-5-17-13/h2-4,6,8,13,17H,5,7,9-10H2,1H3,(H,19,21). The second kappa shape index (κ2) is 6.67. The molecular formula is C15H19N5O2. The molecule has 2 aromatic heterocycles. The lowest BCUT2D eigenvalue weighted by molar-refractivity contribution is -0.126. The number of nitrogens with zero attached hydrogens (tertiary/aromatic N) is 3. The number of ether oxygens (including phenoxy) is 1. The lowest BCUT2D eigenvalue weighted by Crippen LogP contribution is -2.51. The van der Waals surface area contributed by atoms with Gasteiger partial charge in [0.25, 0.3) is 0 Å². The zero-order valence-corrected chi connectivity index (χ0v) is 12.5. The van der Waals surface area contributed by atoms with E-state index in [2.05, 4.69) is 20.6 Å². The van der Waals surface area contributed by atoms with Crippen LogP contribution in [0.1, 0.15) is 11.4 Å². The van der Waals surface area contributed by atoms with Crippen LogP contribution in [0.3, 0.4) is 0 Å². The van der Waals surface area contributed by atoms with Gasteiger partial charge in [0.15, 0.2) is 0 Å². The van der Waals surface area contributed by atoms with Crippen LogP contribution in [0, 0.1) is 6.92 Å². The Morgan fingerprint density at radius 3 is 3.05 bits per heavy atom. The third-order valence-electron chi connectivity index (χ3n) is 3.59. The van der Waals surface area contributed by atoms with Crippen molar-refractivity contribution in [3.05, 3.63) is 42.1 Å². The molecule has 3 rings (SSSR count). The molecule has 0 saturated carbocycles. The van der Waals surface area contributed by atoms with Crippen molar-refractivity contribution in [3.8, 4) is 5.82 Å². The molecule has 116 valence electrons. The summed E-state index contributed by atoms with van der Waals surface area (Å²) in [5.74, 6) is 1.65. The highest BCUT2D eigenvalue weighted by Crippen LogP contribution is 2.08. The van der Waals surface area contributed by atoms with E-state index in [-0.39, 0.29) is 11.9 Å². The van der Waals surface area contributed by atoms with Crippen molar-refractivity contribution in [3.63, 3.8) is 0 Å². The van der Waals surface area contributed by atoms with Crippen LogP contribution in [0.4, 0.5) is 0 Å². The number of morpholine rings is 1. The van der Waals surface area contributed by atoms with Crippen molar-refractivity contribution in [1.29, 1.82) is 0 Å². The Bertz CT molecular complexity index is 632. The van der Waals surface area contributed by atoms with Crippen molar-refractivity contribution in [2.24, 2.45) is 0 Å². The molecule has 2 N–H and O–H groups in total. The molecule has 2 aromatic rings. The van der Waals surface area contributed by atoms with E-state index in [0.29, 0.717) is 26.3 Å². The largest absolute Gasteiger partial charge is 0.378 e. The predicted octanol–water partition coefficient (Wildman–Crippen LogP) is 0.180. The van der Waals surface area contributed by atoms with Crippen LogP contribution in [0.5, 0.6) is 0 Å². The molecule has 7 heteroatoms. The molecule has 1 fully saturated rings. The highest BCUT2D eigenvalue weighted by molar-refractivity contribution is 5.81. The summed E-state index contributed by atoms with van der Waals surface area (Å²) in [5, 5.41) is 6.02. The number of aryl methyl sites for hydroxylation is 1. The molecule has 7 nitrogen and oxygen atoms in total. The number of hydrogen-bond acceptors (Lipinski definition) is 5. The summed E-state index contributed by atoms with van der Waals surface area (Å²) < 4.78 is 7.19. The molecule has 3 heterocycles. The second-order valence-electron chi connectivity index (χ2n) is 5.17. The Morgan fingerprint density at radius 2 is 2.41 bits per heavy atom. The van der Waals surface area contributed by atoms with Gasteiger partial charge in [-0.05, 0) is 18.6 Å². The minimum absolute atomic E-state index is 0.0470. The number of aromatic nitrogens is 3. The highest BCUT2D eigenvalue weighted by atomic mass is 16.5. The molecule has 0 radical (unpaired) electrons. The first-order chi connectivity index (χ1) is 10.7. The Labute approximate surface area is 128 Å². The van der Waals surface area contributed by atoms with E-state index in [1.165, 1.54) is 0 Å². The van der Waals surface area contributed by atoms with Crippen LogP contribution in [-0.4, -0.2) is 46.2 Å². The summed E-state index contributed by atoms with van der Waals surface area (Å²) in [4.78, 5) is 20.6. The minimum Gasteiger partial charge on any atom is -0.378 e. The van der Waals surface area contributed by atoms with Crippen LogP contribution in [-0.2, 0) is 16.1 Å². The van der Waals surface area contributed by atoms with Crippen LogP contribution < -0.4 is 10.6 Å². The predicted molar refractivity (Wildman–Crippen MR) is 80.6 cm³/mol. The third-order valence-corrected chi connectivity index (χ3v) is 3.59. The van der Waals surface area contributed by atoms with Gasteiger partial charge in [-0.2, -0.15) is 0 Å². The maximum absolute atomic E-state index is 12.0. The number of pyridine rings is 1. The van der Waals surface area contributed by atoms with Crippen molar-refractivity contribution in [1.82, 2.24) is 25.2 Å². The average molecular weight is 301 g/mol. The van der Waals surface area contributed by atoms with Crippen molar-refractivity contribution in [2.75, 3.05) is 19.8 Å². The van der Waals surface area contributed by atoms with Crippen molar-refractivity contribution >= 4 is 5.91 Å². The maximum Gasteiger partial charge on any atom is 0.239 e. The molecular weight excluding hydrogens is 282 g/mol. The number of imidazole rings is 1. The van der Waals surface area contributed by atoms with Crippen molar-refractivity contribution in [2.45, 2.75) is 19.5 Å². The van der Waals surface area contributed by atoms with Crippen LogP contribution >= 0.6 is 0 Å². The molecule has 1 saturated heterocycles. The van der Waals surface area contributed by atoms with Gasteiger partial charge in [0.1, 0.15) is 17.7 Å². The lowest BCUT2D eigenvalue weighted by Gasteiger charge is -2.22. The molecule has 1 aliphatic rings. The molecule has 22 heavy (non-hydrogen) atoms. The topological polar surface area (TPSA) is 81.1 Å². The van der Waals surface area contributed by atoms with Gasteiger partial charge in [-0.15, -0.1) is 0 Å². The van der Waals surface area contributed by atoms with E-state index in [1.807, 2.05) is 29.8 Å². The van der Waals surface area contributed by atoms with Crippen LogP contribution in [0.15, 0.2) is 30.7 Å². The fourth-order valence-electron chi connectivity index (χ4n) is 2.33. The summed E-state index contributed by atoms with van der Waals surface area (Å²) in [6.45, 7) is 4.16. The summed E-state index contributed by atoms with van der Waals surface area (Å²) in [5.41, 5.74) is 0.951. The molecule has 0 aliphatic carbocycles. The molecule has 0 aromatic carbocycles. The quantitative estimate of drug-likeness (QED) is 0.842. The molecule has 0 bridgehead atoms. The summed E-state index contributed by atoms with van der Waals surface area (Å²) in [6.07, 6.45) is 5.37. The number of carbonyl (C=O) groups excluding carboxylic acids is 1. The fraction of sp³-hybridized carbons (Fsp3) is 0.400. The number of nitrogens with one attached hydrogen (secondary N) is 2. The molecule has 1 amide bonds. The summed E-state index contributed by atoms with van der Waals surface area (Å²) in [6, 6.07) is 3.60. The number of carbonyl (C=O) groups is 1. The van der Waals surface area contributed by atoms with E-state index in [0.717, 1.165) is 17.2 Å². The van der Waals surface area contributed by atoms with Gasteiger partial charge < -0.3 is 15.4 Å². The minimum atomic E-state index is -0.269. The number of rotatable bonds is 4. The molecule has 1 atom stereocenters. The van der Waals surface area contributed by atoms with E-state index in [4.69, 9.17) is 4.74 Å². The van der Waals surface area contributed by atoms with Crippen LogP contribution in [0.2, 0.25) is 0 Å². The molecule has 1 aliphatic heterocycles. The zero-order chi connectivity index (χ0) is 15.4. The first kappa shape index (κ1) is 14.7. The van der Waals surface area contributed by atoms with Gasteiger partial charge in [-0.1, -0.05) is 6.07 Å². The lowest BCUT2D eigenvalue weighted by atomic mass is 10.2. The van der Waals surface area contributed by atoms with Crippen molar-refractivity contribution < 1.29 is 9.53 Å². The van der Waals surface area contributed by atoms with Gasteiger partial charge in [-0.3, -0.25) is 9.36 Å². The fourth-order valence-corrected chi connectivity index (χ4v) is 2.33. The highest BCUT2D eigenvalue weighted by Gasteiger charge is 2.20. The number of amides is 1. The first-order valence-electron chi connectivity index (χ1n) is 7.28. The van der Waals surface area contributed by atoms with E-state index < -0.39 is 0 Å². The average Bonchev–Trinajstić information content (AvgIpc) is 3.00. The normalized spacial score (nSPS) is 18.1. The maximum atomic E-state index is 12.0. The Balaban J connectivity index is 1.57. The molecule has 0 spiro atoms. The smallest absolute Gasteiger partial charge is 0.239 e. The Hall–Kier alpha value is -2.25. The van der Waals surface area contributed by atoms with E-state index >= 15 is 0 Å². The van der Waals surface area contributed by atoms with E-state index in [9.17, 15) is 4.79 Å². The van der Waals surface area contributed by atoms with Gasteiger partial charge in [0.05, 0.1) is 13.2 Å².